The number of carbonyl (C=O) groups excluding carboxylic acids is 1. The number of rotatable bonds is 2. The maximum absolute atomic E-state index is 13.0. The number of aliphatic hydroxyl groups excluding tert-OH is 1. The highest BCUT2D eigenvalue weighted by Crippen LogP contribution is 2.19. The first-order chi connectivity index (χ1) is 7.72. The van der Waals surface area contributed by atoms with Gasteiger partial charge in [-0.3, -0.25) is 4.79 Å². The molecule has 1 aromatic rings. The van der Waals surface area contributed by atoms with E-state index in [1.54, 1.807) is 12.1 Å². The monoisotopic (exact) mass is 225 g/mol. The Kier molecular flexibility index (Phi) is 3.17. The standard InChI is InChI=1S/C11H12FNO3/c12-8-2-1-3-9(6-8)13-4-5-16-10(7-14)11(13)15/h1-3,6,10,14H,4-5,7H2. The molecule has 1 unspecified atom stereocenters. The quantitative estimate of drug-likeness (QED) is 0.799. The Morgan fingerprint density at radius 3 is 3.06 bits per heavy atom. The highest BCUT2D eigenvalue weighted by atomic mass is 19.1. The molecule has 1 aliphatic heterocycles. The van der Waals surface area contributed by atoms with E-state index in [2.05, 4.69) is 0 Å². The van der Waals surface area contributed by atoms with Gasteiger partial charge in [-0.2, -0.15) is 0 Å². The van der Waals surface area contributed by atoms with Crippen LogP contribution in [0.25, 0.3) is 0 Å². The number of ether oxygens (including phenoxy) is 1. The Bertz CT molecular complexity index is 397. The van der Waals surface area contributed by atoms with Crippen LogP contribution in [0, 0.1) is 5.82 Å². The van der Waals surface area contributed by atoms with Crippen molar-refractivity contribution < 1.29 is 19.0 Å². The van der Waals surface area contributed by atoms with Crippen LogP contribution in [0.1, 0.15) is 0 Å². The molecule has 1 aromatic carbocycles. The van der Waals surface area contributed by atoms with Gasteiger partial charge in [-0.05, 0) is 18.2 Å². The largest absolute Gasteiger partial charge is 0.393 e. The average molecular weight is 225 g/mol. The number of nitrogens with zero attached hydrogens (tertiary/aromatic N) is 1. The molecule has 16 heavy (non-hydrogen) atoms. The molecule has 5 heteroatoms. The third kappa shape index (κ3) is 2.05. The molecule has 0 radical (unpaired) electrons. The third-order valence-electron chi connectivity index (χ3n) is 2.46. The zero-order valence-corrected chi connectivity index (χ0v) is 8.60. The Balaban J connectivity index is 2.23. The van der Waals surface area contributed by atoms with E-state index in [4.69, 9.17) is 9.84 Å². The van der Waals surface area contributed by atoms with Crippen molar-refractivity contribution in [1.82, 2.24) is 0 Å². The summed E-state index contributed by atoms with van der Waals surface area (Å²) >= 11 is 0. The summed E-state index contributed by atoms with van der Waals surface area (Å²) < 4.78 is 18.1. The lowest BCUT2D eigenvalue weighted by molar-refractivity contribution is -0.136. The SMILES string of the molecule is O=C1C(CO)OCCN1c1cccc(F)c1. The number of carbonyl (C=O) groups is 1. The highest BCUT2D eigenvalue weighted by Gasteiger charge is 2.29. The van der Waals surface area contributed by atoms with Crippen molar-refractivity contribution in [1.29, 1.82) is 0 Å². The van der Waals surface area contributed by atoms with E-state index < -0.39 is 11.9 Å². The van der Waals surface area contributed by atoms with Crippen molar-refractivity contribution in [3.8, 4) is 0 Å². The number of amides is 1. The fraction of sp³-hybridized carbons (Fsp3) is 0.364. The Morgan fingerprint density at radius 2 is 2.38 bits per heavy atom. The minimum atomic E-state index is -0.836. The average Bonchev–Trinajstić information content (AvgIpc) is 2.29. The van der Waals surface area contributed by atoms with Crippen LogP contribution in [-0.2, 0) is 9.53 Å². The van der Waals surface area contributed by atoms with Crippen LogP contribution in [0.3, 0.4) is 0 Å². The van der Waals surface area contributed by atoms with Gasteiger partial charge in [0.05, 0.1) is 13.2 Å². The predicted molar refractivity (Wildman–Crippen MR) is 55.6 cm³/mol. The molecule has 1 saturated heterocycles. The number of aliphatic hydroxyl groups is 1. The first-order valence-electron chi connectivity index (χ1n) is 5.02. The van der Waals surface area contributed by atoms with Gasteiger partial charge in [0.25, 0.3) is 5.91 Å². The van der Waals surface area contributed by atoms with Gasteiger partial charge in [0.2, 0.25) is 0 Å². The summed E-state index contributed by atoms with van der Waals surface area (Å²) in [4.78, 5) is 13.2. The first-order valence-corrected chi connectivity index (χ1v) is 5.02. The second-order valence-corrected chi connectivity index (χ2v) is 3.51. The Morgan fingerprint density at radius 1 is 1.56 bits per heavy atom. The number of morpholine rings is 1. The van der Waals surface area contributed by atoms with Crippen molar-refractivity contribution in [2.45, 2.75) is 6.10 Å². The molecular formula is C11H12FNO3. The summed E-state index contributed by atoms with van der Waals surface area (Å²) in [5.74, 6) is -0.725. The van der Waals surface area contributed by atoms with Crippen molar-refractivity contribution >= 4 is 11.6 Å². The molecule has 0 aliphatic carbocycles. The van der Waals surface area contributed by atoms with Gasteiger partial charge in [0.15, 0.2) is 6.10 Å². The smallest absolute Gasteiger partial charge is 0.258 e. The lowest BCUT2D eigenvalue weighted by Crippen LogP contribution is -2.49. The van der Waals surface area contributed by atoms with Crippen molar-refractivity contribution in [3.63, 3.8) is 0 Å². The first kappa shape index (κ1) is 11.0. The normalized spacial score (nSPS) is 21.2. The van der Waals surface area contributed by atoms with Gasteiger partial charge in [0.1, 0.15) is 5.82 Å². The molecule has 86 valence electrons. The van der Waals surface area contributed by atoms with E-state index in [-0.39, 0.29) is 12.5 Å². The summed E-state index contributed by atoms with van der Waals surface area (Å²) in [5.41, 5.74) is 0.492. The molecule has 0 saturated carbocycles. The second kappa shape index (κ2) is 4.59. The van der Waals surface area contributed by atoms with Gasteiger partial charge in [-0.25, -0.2) is 4.39 Å². The molecule has 1 fully saturated rings. The van der Waals surface area contributed by atoms with Crippen LogP contribution < -0.4 is 4.90 Å². The number of hydrogen-bond acceptors (Lipinski definition) is 3. The molecule has 2 rings (SSSR count). The molecule has 1 heterocycles. The lowest BCUT2D eigenvalue weighted by atomic mass is 10.2. The van der Waals surface area contributed by atoms with Crippen molar-refractivity contribution in [2.24, 2.45) is 0 Å². The van der Waals surface area contributed by atoms with Crippen LogP contribution in [0.15, 0.2) is 24.3 Å². The summed E-state index contributed by atoms with van der Waals surface area (Å²) in [6.07, 6.45) is -0.836. The van der Waals surface area contributed by atoms with Crippen molar-refractivity contribution in [3.05, 3.63) is 30.1 Å². The molecule has 1 aliphatic rings. The van der Waals surface area contributed by atoms with Crippen LogP contribution in [-0.4, -0.2) is 36.9 Å². The molecular weight excluding hydrogens is 213 g/mol. The van der Waals surface area contributed by atoms with Gasteiger partial charge < -0.3 is 14.7 Å². The van der Waals surface area contributed by atoms with Crippen LogP contribution in [0.4, 0.5) is 10.1 Å². The van der Waals surface area contributed by atoms with E-state index in [1.165, 1.54) is 17.0 Å². The summed E-state index contributed by atoms with van der Waals surface area (Å²) in [5, 5.41) is 8.93. The number of benzene rings is 1. The Hall–Kier alpha value is -1.46. The molecule has 4 nitrogen and oxygen atoms in total. The zero-order chi connectivity index (χ0) is 11.5. The fourth-order valence-electron chi connectivity index (χ4n) is 1.67. The van der Waals surface area contributed by atoms with E-state index in [1.807, 2.05) is 0 Å². The fourth-order valence-corrected chi connectivity index (χ4v) is 1.67. The Labute approximate surface area is 92.2 Å². The zero-order valence-electron chi connectivity index (χ0n) is 8.60. The third-order valence-corrected chi connectivity index (χ3v) is 2.46. The minimum Gasteiger partial charge on any atom is -0.393 e. The lowest BCUT2D eigenvalue weighted by Gasteiger charge is -2.31. The van der Waals surface area contributed by atoms with E-state index >= 15 is 0 Å². The molecule has 1 N–H and O–H groups in total. The maximum atomic E-state index is 13.0. The van der Waals surface area contributed by atoms with Gasteiger partial charge in [0, 0.05) is 12.2 Å². The molecule has 0 aromatic heterocycles. The summed E-state index contributed by atoms with van der Waals surface area (Å²) in [7, 11) is 0. The topological polar surface area (TPSA) is 49.8 Å². The number of halogens is 1. The maximum Gasteiger partial charge on any atom is 0.258 e. The minimum absolute atomic E-state index is 0.334. The van der Waals surface area contributed by atoms with E-state index in [9.17, 15) is 9.18 Å². The van der Waals surface area contributed by atoms with Gasteiger partial charge in [-0.15, -0.1) is 0 Å². The molecule has 1 atom stereocenters. The summed E-state index contributed by atoms with van der Waals surface area (Å²) in [6.45, 7) is 0.358. The number of hydrogen-bond donors (Lipinski definition) is 1. The van der Waals surface area contributed by atoms with Crippen LogP contribution in [0.5, 0.6) is 0 Å². The van der Waals surface area contributed by atoms with Gasteiger partial charge >= 0.3 is 0 Å². The molecule has 1 amide bonds. The predicted octanol–water partition coefficient (Wildman–Crippen LogP) is 0.550. The van der Waals surface area contributed by atoms with Gasteiger partial charge in [-0.1, -0.05) is 6.07 Å². The van der Waals surface area contributed by atoms with Crippen LogP contribution >= 0.6 is 0 Å². The van der Waals surface area contributed by atoms with E-state index in [0.717, 1.165) is 0 Å². The summed E-state index contributed by atoms with van der Waals surface area (Å²) in [6, 6.07) is 5.80. The molecule has 0 spiro atoms. The van der Waals surface area contributed by atoms with E-state index in [0.29, 0.717) is 18.8 Å². The second-order valence-electron chi connectivity index (χ2n) is 3.51. The van der Waals surface area contributed by atoms with Crippen LogP contribution in [0.2, 0.25) is 0 Å². The molecule has 0 bridgehead atoms. The highest BCUT2D eigenvalue weighted by molar-refractivity contribution is 5.97. The van der Waals surface area contributed by atoms with Crippen molar-refractivity contribution in [2.75, 3.05) is 24.7 Å². The number of anilines is 1.